The lowest BCUT2D eigenvalue weighted by Crippen LogP contribution is -2.10. The average Bonchev–Trinajstić information content (AvgIpc) is 1.94. The molecular formula is C7H6FNOS. The third kappa shape index (κ3) is 1.71. The average molecular weight is 171 g/mol. The molecule has 2 N–H and O–H groups in total. The van der Waals surface area contributed by atoms with Gasteiger partial charge in [0.2, 0.25) is 5.91 Å². The maximum absolute atomic E-state index is 12.5. The molecule has 0 atom stereocenters. The summed E-state index contributed by atoms with van der Waals surface area (Å²) >= 11 is 3.78. The first kappa shape index (κ1) is 8.07. The van der Waals surface area contributed by atoms with Crippen LogP contribution in [-0.2, 0) is 0 Å². The van der Waals surface area contributed by atoms with E-state index in [1.54, 1.807) is 0 Å². The molecule has 0 aliphatic heterocycles. The van der Waals surface area contributed by atoms with E-state index in [-0.39, 0.29) is 10.5 Å². The first-order valence-electron chi connectivity index (χ1n) is 2.89. The van der Waals surface area contributed by atoms with Gasteiger partial charge in [-0.25, -0.2) is 4.39 Å². The number of thiol groups is 1. The topological polar surface area (TPSA) is 43.1 Å². The summed E-state index contributed by atoms with van der Waals surface area (Å²) in [7, 11) is 0. The zero-order chi connectivity index (χ0) is 8.43. The summed E-state index contributed by atoms with van der Waals surface area (Å²) in [6, 6.07) is 3.76. The molecule has 2 nitrogen and oxygen atoms in total. The molecule has 1 rings (SSSR count). The van der Waals surface area contributed by atoms with Gasteiger partial charge in [-0.3, -0.25) is 4.79 Å². The van der Waals surface area contributed by atoms with Crippen LogP contribution in [0.25, 0.3) is 0 Å². The van der Waals surface area contributed by atoms with Gasteiger partial charge in [-0.2, -0.15) is 0 Å². The standard InChI is InChI=1S/C7H6FNOS/c8-5-2-1-4(7(9)10)3-6(5)11/h1-3,11H,(H2,9,10). The largest absolute Gasteiger partial charge is 0.366 e. The van der Waals surface area contributed by atoms with Gasteiger partial charge in [-0.15, -0.1) is 12.6 Å². The summed E-state index contributed by atoms with van der Waals surface area (Å²) in [6.45, 7) is 0. The van der Waals surface area contributed by atoms with Crippen LogP contribution in [-0.4, -0.2) is 5.91 Å². The number of hydrogen-bond donors (Lipinski definition) is 2. The fourth-order valence-corrected chi connectivity index (χ4v) is 0.880. The highest BCUT2D eigenvalue weighted by molar-refractivity contribution is 7.80. The fraction of sp³-hybridized carbons (Fsp3) is 0. The number of halogens is 1. The summed E-state index contributed by atoms with van der Waals surface area (Å²) in [4.78, 5) is 10.7. The predicted molar refractivity (Wildman–Crippen MR) is 42.2 cm³/mol. The van der Waals surface area contributed by atoms with Crippen LogP contribution in [0.1, 0.15) is 10.4 Å². The summed E-state index contributed by atoms with van der Waals surface area (Å²) < 4.78 is 12.5. The second-order valence-corrected chi connectivity index (χ2v) is 2.51. The first-order chi connectivity index (χ1) is 5.11. The Morgan fingerprint density at radius 3 is 2.64 bits per heavy atom. The van der Waals surface area contributed by atoms with Crippen molar-refractivity contribution in [3.63, 3.8) is 0 Å². The molecule has 0 saturated heterocycles. The Hall–Kier alpha value is -1.03. The van der Waals surface area contributed by atoms with Crippen LogP contribution in [0.5, 0.6) is 0 Å². The SMILES string of the molecule is NC(=O)c1ccc(F)c(S)c1. The van der Waals surface area contributed by atoms with Gasteiger partial charge in [0.05, 0.1) is 0 Å². The van der Waals surface area contributed by atoms with Crippen LogP contribution < -0.4 is 5.73 Å². The smallest absolute Gasteiger partial charge is 0.248 e. The summed E-state index contributed by atoms with van der Waals surface area (Å²) in [5, 5.41) is 0. The van der Waals surface area contributed by atoms with E-state index in [0.29, 0.717) is 0 Å². The van der Waals surface area contributed by atoms with Crippen molar-refractivity contribution in [3.05, 3.63) is 29.6 Å². The van der Waals surface area contributed by atoms with Crippen LogP contribution in [0.3, 0.4) is 0 Å². The van der Waals surface area contributed by atoms with Gasteiger partial charge >= 0.3 is 0 Å². The van der Waals surface area contributed by atoms with Crippen LogP contribution >= 0.6 is 12.6 Å². The van der Waals surface area contributed by atoms with Crippen molar-refractivity contribution in [2.75, 3.05) is 0 Å². The maximum atomic E-state index is 12.5. The van der Waals surface area contributed by atoms with Crippen molar-refractivity contribution in [2.45, 2.75) is 4.90 Å². The lowest BCUT2D eigenvalue weighted by Gasteiger charge is -1.96. The third-order valence-electron chi connectivity index (χ3n) is 1.23. The minimum Gasteiger partial charge on any atom is -0.366 e. The Labute approximate surface area is 68.6 Å². The van der Waals surface area contributed by atoms with E-state index in [4.69, 9.17) is 5.73 Å². The van der Waals surface area contributed by atoms with Gasteiger partial charge in [0.15, 0.2) is 0 Å². The second kappa shape index (κ2) is 2.92. The third-order valence-corrected chi connectivity index (χ3v) is 1.57. The van der Waals surface area contributed by atoms with Crippen LogP contribution in [0.15, 0.2) is 23.1 Å². The Morgan fingerprint density at radius 1 is 1.55 bits per heavy atom. The molecule has 0 aliphatic carbocycles. The first-order valence-corrected chi connectivity index (χ1v) is 3.34. The molecule has 1 aromatic carbocycles. The van der Waals surface area contributed by atoms with E-state index in [2.05, 4.69) is 12.6 Å². The molecule has 0 radical (unpaired) electrons. The minimum atomic E-state index is -0.583. The molecule has 0 unspecified atom stereocenters. The lowest BCUT2D eigenvalue weighted by atomic mass is 10.2. The monoisotopic (exact) mass is 171 g/mol. The number of rotatable bonds is 1. The Kier molecular flexibility index (Phi) is 2.14. The molecule has 1 amide bonds. The van der Waals surface area contributed by atoms with Crippen molar-refractivity contribution in [3.8, 4) is 0 Å². The number of carbonyl (C=O) groups excluding carboxylic acids is 1. The van der Waals surface area contributed by atoms with Crippen molar-refractivity contribution < 1.29 is 9.18 Å². The number of nitrogens with two attached hydrogens (primary N) is 1. The highest BCUT2D eigenvalue weighted by atomic mass is 32.1. The number of amides is 1. The molecule has 58 valence electrons. The summed E-state index contributed by atoms with van der Waals surface area (Å²) in [5.41, 5.74) is 5.20. The molecule has 0 aliphatic rings. The molecule has 0 aromatic heterocycles. The van der Waals surface area contributed by atoms with Crippen molar-refractivity contribution >= 4 is 18.5 Å². The molecule has 0 saturated carbocycles. The molecule has 0 bridgehead atoms. The molecule has 0 spiro atoms. The van der Waals surface area contributed by atoms with Gasteiger partial charge in [-0.1, -0.05) is 0 Å². The van der Waals surface area contributed by atoms with Gasteiger partial charge in [0.1, 0.15) is 5.82 Å². The lowest BCUT2D eigenvalue weighted by molar-refractivity contribution is 0.1000. The molecule has 0 heterocycles. The molecule has 11 heavy (non-hydrogen) atoms. The second-order valence-electron chi connectivity index (χ2n) is 2.03. The zero-order valence-electron chi connectivity index (χ0n) is 5.54. The molecule has 1 aromatic rings. The molecule has 4 heteroatoms. The van der Waals surface area contributed by atoms with E-state index in [1.807, 2.05) is 0 Å². The number of carbonyl (C=O) groups is 1. The van der Waals surface area contributed by atoms with Crippen molar-refractivity contribution in [1.82, 2.24) is 0 Å². The van der Waals surface area contributed by atoms with Crippen LogP contribution in [0.4, 0.5) is 4.39 Å². The minimum absolute atomic E-state index is 0.126. The Balaban J connectivity index is 3.15. The van der Waals surface area contributed by atoms with E-state index in [1.165, 1.54) is 12.1 Å². The van der Waals surface area contributed by atoms with Crippen LogP contribution in [0, 0.1) is 5.82 Å². The summed E-state index contributed by atoms with van der Waals surface area (Å²) in [5.74, 6) is -1.04. The normalized spacial score (nSPS) is 9.64. The van der Waals surface area contributed by atoms with Gasteiger partial charge < -0.3 is 5.73 Å². The van der Waals surface area contributed by atoms with Gasteiger partial charge in [-0.05, 0) is 18.2 Å². The van der Waals surface area contributed by atoms with Crippen LogP contribution in [0.2, 0.25) is 0 Å². The predicted octanol–water partition coefficient (Wildman–Crippen LogP) is 1.21. The van der Waals surface area contributed by atoms with Crippen molar-refractivity contribution in [2.24, 2.45) is 5.73 Å². The molecular weight excluding hydrogens is 165 g/mol. The Morgan fingerprint density at radius 2 is 2.18 bits per heavy atom. The number of hydrogen-bond acceptors (Lipinski definition) is 2. The maximum Gasteiger partial charge on any atom is 0.248 e. The summed E-state index contributed by atoms with van der Waals surface area (Å²) in [6.07, 6.45) is 0. The Bertz CT molecular complexity index is 300. The number of benzene rings is 1. The quantitative estimate of drug-likeness (QED) is 0.613. The number of primary amides is 1. The highest BCUT2D eigenvalue weighted by Gasteiger charge is 2.02. The molecule has 0 fully saturated rings. The van der Waals surface area contributed by atoms with E-state index >= 15 is 0 Å². The fourth-order valence-electron chi connectivity index (χ4n) is 0.666. The van der Waals surface area contributed by atoms with Gasteiger partial charge in [0.25, 0.3) is 0 Å². The highest BCUT2D eigenvalue weighted by Crippen LogP contribution is 2.13. The van der Waals surface area contributed by atoms with E-state index in [9.17, 15) is 9.18 Å². The zero-order valence-corrected chi connectivity index (χ0v) is 6.44. The van der Waals surface area contributed by atoms with Crippen molar-refractivity contribution in [1.29, 1.82) is 0 Å². The van der Waals surface area contributed by atoms with E-state index in [0.717, 1.165) is 6.07 Å². The van der Waals surface area contributed by atoms with Gasteiger partial charge in [0, 0.05) is 10.5 Å². The van der Waals surface area contributed by atoms with E-state index < -0.39 is 11.7 Å².